The van der Waals surface area contributed by atoms with Crippen molar-refractivity contribution < 1.29 is 4.39 Å². The molecule has 106 valence electrons. The quantitative estimate of drug-likeness (QED) is 0.919. The smallest absolute Gasteiger partial charge is 0.141 e. The number of nitrogens with one attached hydrogen (secondary N) is 1. The lowest BCUT2D eigenvalue weighted by molar-refractivity contribution is 0.616. The third-order valence-electron chi connectivity index (χ3n) is 3.32. The second-order valence-corrected chi connectivity index (χ2v) is 5.20. The molecule has 2 aromatic rings. The molecule has 0 aliphatic rings. The van der Waals surface area contributed by atoms with Crippen molar-refractivity contribution in [3.05, 3.63) is 53.6 Å². The van der Waals surface area contributed by atoms with Crippen LogP contribution in [0.4, 0.5) is 15.8 Å². The van der Waals surface area contributed by atoms with Crippen molar-refractivity contribution in [1.29, 1.82) is 0 Å². The van der Waals surface area contributed by atoms with E-state index < -0.39 is 0 Å². The number of halogens is 1. The Labute approximate surface area is 119 Å². The van der Waals surface area contributed by atoms with Crippen LogP contribution < -0.4 is 10.2 Å². The summed E-state index contributed by atoms with van der Waals surface area (Å²) in [6.45, 7) is 4.06. The van der Waals surface area contributed by atoms with Crippen LogP contribution in [0.2, 0.25) is 0 Å². The third-order valence-corrected chi connectivity index (χ3v) is 3.32. The Kier molecular flexibility index (Phi) is 4.23. The van der Waals surface area contributed by atoms with Crippen molar-refractivity contribution in [2.24, 2.45) is 0 Å². The van der Waals surface area contributed by atoms with Crippen molar-refractivity contribution in [2.75, 3.05) is 24.3 Å². The minimum atomic E-state index is -0.309. The van der Waals surface area contributed by atoms with Crippen molar-refractivity contribution in [1.82, 2.24) is 4.98 Å². The van der Waals surface area contributed by atoms with Gasteiger partial charge in [0.1, 0.15) is 5.82 Å². The summed E-state index contributed by atoms with van der Waals surface area (Å²) in [5.74, 6) is -0.309. The first-order valence-corrected chi connectivity index (χ1v) is 6.62. The fraction of sp³-hybridized carbons (Fsp3) is 0.312. The standard InChI is InChI=1S/C16H20FN3/c1-11-7-15(20(3)4)5-6-16(11)19-12(2)13-8-14(17)10-18-9-13/h5-10,12,19H,1-4H3. The van der Waals surface area contributed by atoms with Gasteiger partial charge in [-0.15, -0.1) is 0 Å². The van der Waals surface area contributed by atoms with Gasteiger partial charge in [-0.05, 0) is 49.2 Å². The molecule has 0 aliphatic heterocycles. The predicted octanol–water partition coefficient (Wildman–Crippen LogP) is 3.77. The zero-order valence-corrected chi connectivity index (χ0v) is 12.3. The van der Waals surface area contributed by atoms with Crippen LogP contribution in [0.15, 0.2) is 36.7 Å². The molecule has 0 bridgehead atoms. The lowest BCUT2D eigenvalue weighted by Gasteiger charge is -2.19. The molecule has 0 aliphatic carbocycles. The van der Waals surface area contributed by atoms with E-state index in [-0.39, 0.29) is 11.9 Å². The van der Waals surface area contributed by atoms with Gasteiger partial charge in [-0.1, -0.05) is 0 Å². The Hall–Kier alpha value is -2.10. The first-order chi connectivity index (χ1) is 9.47. The van der Waals surface area contributed by atoms with Crippen molar-refractivity contribution in [2.45, 2.75) is 19.9 Å². The number of aryl methyl sites for hydroxylation is 1. The van der Waals surface area contributed by atoms with Gasteiger partial charge in [0.25, 0.3) is 0 Å². The molecule has 0 radical (unpaired) electrons. The van der Waals surface area contributed by atoms with E-state index >= 15 is 0 Å². The molecule has 1 unspecified atom stereocenters. The molecule has 2 rings (SSSR count). The maximum Gasteiger partial charge on any atom is 0.141 e. The molecule has 0 amide bonds. The van der Waals surface area contributed by atoms with Crippen LogP contribution in [-0.4, -0.2) is 19.1 Å². The average molecular weight is 273 g/mol. The monoisotopic (exact) mass is 273 g/mol. The van der Waals surface area contributed by atoms with Crippen LogP contribution in [0.1, 0.15) is 24.1 Å². The molecule has 1 aromatic heterocycles. The molecule has 1 heterocycles. The summed E-state index contributed by atoms with van der Waals surface area (Å²) in [4.78, 5) is 5.95. The largest absolute Gasteiger partial charge is 0.378 e. The Morgan fingerprint density at radius 1 is 1.20 bits per heavy atom. The minimum Gasteiger partial charge on any atom is -0.378 e. The predicted molar refractivity (Wildman–Crippen MR) is 81.7 cm³/mol. The topological polar surface area (TPSA) is 28.2 Å². The molecule has 0 saturated heterocycles. The third kappa shape index (κ3) is 3.26. The van der Waals surface area contributed by atoms with E-state index in [4.69, 9.17) is 0 Å². The van der Waals surface area contributed by atoms with Gasteiger partial charge in [-0.2, -0.15) is 0 Å². The molecule has 0 spiro atoms. The first kappa shape index (κ1) is 14.3. The van der Waals surface area contributed by atoms with Gasteiger partial charge in [0.2, 0.25) is 0 Å². The highest BCUT2D eigenvalue weighted by atomic mass is 19.1. The fourth-order valence-electron chi connectivity index (χ4n) is 2.07. The number of pyridine rings is 1. The van der Waals surface area contributed by atoms with E-state index in [2.05, 4.69) is 34.3 Å². The van der Waals surface area contributed by atoms with Crippen LogP contribution in [0.5, 0.6) is 0 Å². The maximum atomic E-state index is 13.2. The fourth-order valence-corrected chi connectivity index (χ4v) is 2.07. The molecule has 0 fully saturated rings. The van der Waals surface area contributed by atoms with Crippen LogP contribution >= 0.6 is 0 Å². The zero-order valence-electron chi connectivity index (χ0n) is 12.3. The number of hydrogen-bond donors (Lipinski definition) is 1. The zero-order chi connectivity index (χ0) is 14.7. The molecule has 20 heavy (non-hydrogen) atoms. The van der Waals surface area contributed by atoms with Gasteiger partial charge in [0.05, 0.1) is 12.2 Å². The van der Waals surface area contributed by atoms with Crippen LogP contribution in [-0.2, 0) is 0 Å². The summed E-state index contributed by atoms with van der Waals surface area (Å²) >= 11 is 0. The van der Waals surface area contributed by atoms with Crippen LogP contribution in [0.3, 0.4) is 0 Å². The van der Waals surface area contributed by atoms with Crippen molar-refractivity contribution in [3.8, 4) is 0 Å². The number of anilines is 2. The number of aromatic nitrogens is 1. The highest BCUT2D eigenvalue weighted by molar-refractivity contribution is 5.60. The van der Waals surface area contributed by atoms with Crippen LogP contribution in [0.25, 0.3) is 0 Å². The van der Waals surface area contributed by atoms with Gasteiger partial charge in [0, 0.05) is 31.7 Å². The lowest BCUT2D eigenvalue weighted by Crippen LogP contribution is -2.11. The second kappa shape index (κ2) is 5.90. The normalized spacial score (nSPS) is 12.1. The lowest BCUT2D eigenvalue weighted by atomic mass is 10.1. The first-order valence-electron chi connectivity index (χ1n) is 6.62. The van der Waals surface area contributed by atoms with Gasteiger partial charge >= 0.3 is 0 Å². The summed E-state index contributed by atoms with van der Waals surface area (Å²) in [6, 6.07) is 7.74. The van der Waals surface area contributed by atoms with E-state index in [1.807, 2.05) is 27.1 Å². The SMILES string of the molecule is Cc1cc(N(C)C)ccc1NC(C)c1cncc(F)c1. The van der Waals surface area contributed by atoms with E-state index in [9.17, 15) is 4.39 Å². The molecular weight excluding hydrogens is 253 g/mol. The molecule has 4 heteroatoms. The van der Waals surface area contributed by atoms with E-state index in [0.29, 0.717) is 0 Å². The summed E-state index contributed by atoms with van der Waals surface area (Å²) < 4.78 is 13.2. The summed E-state index contributed by atoms with van der Waals surface area (Å²) in [7, 11) is 4.03. The second-order valence-electron chi connectivity index (χ2n) is 5.20. The number of hydrogen-bond acceptors (Lipinski definition) is 3. The number of benzene rings is 1. The minimum absolute atomic E-state index is 0.00195. The van der Waals surface area contributed by atoms with Gasteiger partial charge in [-0.25, -0.2) is 4.39 Å². The molecule has 1 aromatic carbocycles. The van der Waals surface area contributed by atoms with Gasteiger partial charge in [0.15, 0.2) is 0 Å². The highest BCUT2D eigenvalue weighted by Crippen LogP contribution is 2.25. The summed E-state index contributed by atoms with van der Waals surface area (Å²) in [6.07, 6.45) is 2.90. The van der Waals surface area contributed by atoms with Crippen LogP contribution in [0, 0.1) is 12.7 Å². The average Bonchev–Trinajstić information content (AvgIpc) is 2.40. The van der Waals surface area contributed by atoms with Crippen molar-refractivity contribution >= 4 is 11.4 Å². The highest BCUT2D eigenvalue weighted by Gasteiger charge is 2.09. The molecule has 0 saturated carbocycles. The maximum absolute atomic E-state index is 13.2. The number of nitrogens with zero attached hydrogens (tertiary/aromatic N) is 2. The molecule has 1 N–H and O–H groups in total. The Morgan fingerprint density at radius 2 is 1.95 bits per heavy atom. The summed E-state index contributed by atoms with van der Waals surface area (Å²) in [5.41, 5.74) is 4.20. The Bertz CT molecular complexity index is 596. The summed E-state index contributed by atoms with van der Waals surface area (Å²) in [5, 5.41) is 3.39. The number of rotatable bonds is 4. The molecule has 1 atom stereocenters. The Morgan fingerprint density at radius 3 is 2.55 bits per heavy atom. The molecule has 3 nitrogen and oxygen atoms in total. The van der Waals surface area contributed by atoms with E-state index in [1.165, 1.54) is 12.3 Å². The van der Waals surface area contributed by atoms with E-state index in [0.717, 1.165) is 22.5 Å². The van der Waals surface area contributed by atoms with Gasteiger partial charge < -0.3 is 10.2 Å². The Balaban J connectivity index is 2.17. The van der Waals surface area contributed by atoms with Crippen molar-refractivity contribution in [3.63, 3.8) is 0 Å². The molecular formula is C16H20FN3. The van der Waals surface area contributed by atoms with E-state index in [1.54, 1.807) is 6.20 Å². The van der Waals surface area contributed by atoms with Gasteiger partial charge in [-0.3, -0.25) is 4.98 Å².